The van der Waals surface area contributed by atoms with Crippen molar-refractivity contribution in [2.45, 2.75) is 32.7 Å². The molecule has 0 fully saturated rings. The van der Waals surface area contributed by atoms with E-state index in [-0.39, 0.29) is 11.4 Å². The van der Waals surface area contributed by atoms with Gasteiger partial charge in [0.25, 0.3) is 0 Å². The van der Waals surface area contributed by atoms with Crippen LogP contribution in [0.2, 0.25) is 0 Å². The number of hydrogen-bond donors (Lipinski definition) is 1. The summed E-state index contributed by atoms with van der Waals surface area (Å²) in [7, 11) is 0. The summed E-state index contributed by atoms with van der Waals surface area (Å²) in [5.74, 6) is -0.0431. The van der Waals surface area contributed by atoms with Gasteiger partial charge in [-0.05, 0) is 38.5 Å². The monoisotopic (exact) mass is 303 g/mol. The van der Waals surface area contributed by atoms with Gasteiger partial charge in [0.05, 0.1) is 0 Å². The molecule has 0 radical (unpaired) electrons. The van der Waals surface area contributed by atoms with Gasteiger partial charge in [-0.15, -0.1) is 0 Å². The number of rotatable bonds is 6. The second-order valence-electron chi connectivity index (χ2n) is 4.59. The first-order chi connectivity index (χ1) is 7.94. The average Bonchev–Trinajstić information content (AvgIpc) is 2.27. The van der Waals surface area contributed by atoms with E-state index in [1.54, 1.807) is 12.1 Å². The van der Waals surface area contributed by atoms with E-state index >= 15 is 0 Å². The summed E-state index contributed by atoms with van der Waals surface area (Å²) in [4.78, 5) is 0. The quantitative estimate of drug-likeness (QED) is 0.808. The molecular formula is C13H19BrFNO. The normalized spacial score (nSPS) is 11.6. The summed E-state index contributed by atoms with van der Waals surface area (Å²) >= 11 is 3.21. The van der Waals surface area contributed by atoms with Crippen LogP contribution < -0.4 is 10.1 Å². The molecule has 0 aliphatic carbocycles. The van der Waals surface area contributed by atoms with Crippen LogP contribution in [0.3, 0.4) is 0 Å². The van der Waals surface area contributed by atoms with Gasteiger partial charge in [-0.1, -0.05) is 22.9 Å². The smallest absolute Gasteiger partial charge is 0.166 e. The Morgan fingerprint density at radius 2 is 2.12 bits per heavy atom. The summed E-state index contributed by atoms with van der Waals surface area (Å²) in [6, 6.07) is 4.80. The molecule has 0 saturated carbocycles. The highest BCUT2D eigenvalue weighted by Crippen LogP contribution is 2.21. The Labute approximate surface area is 111 Å². The summed E-state index contributed by atoms with van der Waals surface area (Å²) in [6.07, 6.45) is 1.04. The molecule has 1 rings (SSSR count). The maximum Gasteiger partial charge on any atom is 0.166 e. The fourth-order valence-electron chi connectivity index (χ4n) is 1.27. The molecule has 4 heteroatoms. The molecule has 0 unspecified atom stereocenters. The van der Waals surface area contributed by atoms with E-state index in [0.29, 0.717) is 23.4 Å². The zero-order chi connectivity index (χ0) is 12.9. The van der Waals surface area contributed by atoms with Crippen LogP contribution in [0.1, 0.15) is 27.2 Å². The minimum absolute atomic E-state index is 0.0988. The Bertz CT molecular complexity index is 368. The average molecular weight is 304 g/mol. The van der Waals surface area contributed by atoms with E-state index in [0.717, 1.165) is 6.42 Å². The van der Waals surface area contributed by atoms with Crippen molar-refractivity contribution in [2.24, 2.45) is 0 Å². The highest BCUT2D eigenvalue weighted by molar-refractivity contribution is 9.10. The van der Waals surface area contributed by atoms with Crippen LogP contribution in [0.15, 0.2) is 22.7 Å². The van der Waals surface area contributed by atoms with E-state index in [9.17, 15) is 4.39 Å². The van der Waals surface area contributed by atoms with Crippen LogP contribution in [0.5, 0.6) is 5.75 Å². The fourth-order valence-corrected chi connectivity index (χ4v) is 1.60. The molecule has 0 aromatic heterocycles. The number of benzene rings is 1. The molecule has 0 aliphatic rings. The Hall–Kier alpha value is -0.610. The molecule has 0 amide bonds. The number of hydrogen-bond acceptors (Lipinski definition) is 2. The van der Waals surface area contributed by atoms with Gasteiger partial charge in [0.2, 0.25) is 0 Å². The molecular weight excluding hydrogens is 285 g/mol. The Balaban J connectivity index is 2.36. The Kier molecular flexibility index (Phi) is 5.40. The first-order valence-corrected chi connectivity index (χ1v) is 6.57. The van der Waals surface area contributed by atoms with E-state index in [1.807, 2.05) is 0 Å². The van der Waals surface area contributed by atoms with Gasteiger partial charge in [0, 0.05) is 16.6 Å². The van der Waals surface area contributed by atoms with E-state index in [2.05, 4.69) is 42.0 Å². The molecule has 0 saturated heterocycles. The topological polar surface area (TPSA) is 21.3 Å². The molecule has 2 nitrogen and oxygen atoms in total. The van der Waals surface area contributed by atoms with Crippen LogP contribution in [0.4, 0.5) is 4.39 Å². The maximum atomic E-state index is 13.4. The molecule has 0 atom stereocenters. The largest absolute Gasteiger partial charge is 0.489 e. The molecule has 17 heavy (non-hydrogen) atoms. The molecule has 1 N–H and O–H groups in total. The predicted molar refractivity (Wildman–Crippen MR) is 72.0 cm³/mol. The van der Waals surface area contributed by atoms with Crippen molar-refractivity contribution in [3.8, 4) is 5.75 Å². The molecule has 0 spiro atoms. The lowest BCUT2D eigenvalue weighted by Crippen LogP contribution is -2.40. The van der Waals surface area contributed by atoms with Crippen LogP contribution in [0.25, 0.3) is 0 Å². The lowest BCUT2D eigenvalue weighted by atomic mass is 10.0. The molecule has 0 bridgehead atoms. The van der Waals surface area contributed by atoms with E-state index in [1.165, 1.54) is 6.07 Å². The van der Waals surface area contributed by atoms with Crippen LogP contribution in [0, 0.1) is 5.82 Å². The standard InChI is InChI=1S/C13H19BrFNO/c1-4-13(2,3)16-7-8-17-12-6-5-10(14)9-11(12)15/h5-6,9,16H,4,7-8H2,1-3H3. The third-order valence-electron chi connectivity index (χ3n) is 2.74. The molecule has 0 heterocycles. The summed E-state index contributed by atoms with van der Waals surface area (Å²) in [6.45, 7) is 7.56. The van der Waals surface area contributed by atoms with Crippen molar-refractivity contribution >= 4 is 15.9 Å². The minimum atomic E-state index is -0.339. The van der Waals surface area contributed by atoms with Gasteiger partial charge in [0.15, 0.2) is 11.6 Å². The number of halogens is 2. The first-order valence-electron chi connectivity index (χ1n) is 5.77. The summed E-state index contributed by atoms with van der Waals surface area (Å²) in [5.41, 5.74) is 0.0988. The zero-order valence-electron chi connectivity index (χ0n) is 10.5. The van der Waals surface area contributed by atoms with Gasteiger partial charge in [0.1, 0.15) is 6.61 Å². The van der Waals surface area contributed by atoms with Crippen molar-refractivity contribution in [1.29, 1.82) is 0 Å². The van der Waals surface area contributed by atoms with Crippen LogP contribution in [-0.2, 0) is 0 Å². The van der Waals surface area contributed by atoms with E-state index < -0.39 is 0 Å². The Morgan fingerprint density at radius 1 is 1.41 bits per heavy atom. The minimum Gasteiger partial charge on any atom is -0.489 e. The molecule has 1 aromatic rings. The summed E-state index contributed by atoms with van der Waals surface area (Å²) < 4.78 is 19.5. The highest BCUT2D eigenvalue weighted by atomic mass is 79.9. The maximum absolute atomic E-state index is 13.4. The van der Waals surface area contributed by atoms with Crippen LogP contribution in [-0.4, -0.2) is 18.7 Å². The van der Waals surface area contributed by atoms with Crippen molar-refractivity contribution in [3.05, 3.63) is 28.5 Å². The number of ether oxygens (including phenoxy) is 1. The Morgan fingerprint density at radius 3 is 2.71 bits per heavy atom. The van der Waals surface area contributed by atoms with Crippen LogP contribution >= 0.6 is 15.9 Å². The molecule has 96 valence electrons. The van der Waals surface area contributed by atoms with Gasteiger partial charge in [-0.3, -0.25) is 0 Å². The zero-order valence-corrected chi connectivity index (χ0v) is 12.1. The lowest BCUT2D eigenvalue weighted by Gasteiger charge is -2.24. The van der Waals surface area contributed by atoms with Crippen molar-refractivity contribution < 1.29 is 9.13 Å². The van der Waals surface area contributed by atoms with Crippen molar-refractivity contribution in [2.75, 3.05) is 13.2 Å². The van der Waals surface area contributed by atoms with Crippen molar-refractivity contribution in [1.82, 2.24) is 5.32 Å². The molecule has 1 aromatic carbocycles. The van der Waals surface area contributed by atoms with E-state index in [4.69, 9.17) is 4.74 Å². The molecule has 0 aliphatic heterocycles. The third kappa shape index (κ3) is 5.04. The number of nitrogens with one attached hydrogen (secondary N) is 1. The predicted octanol–water partition coefficient (Wildman–Crippen LogP) is 3.75. The second kappa shape index (κ2) is 6.36. The van der Waals surface area contributed by atoms with Gasteiger partial charge in [-0.2, -0.15) is 0 Å². The SMILES string of the molecule is CCC(C)(C)NCCOc1ccc(Br)cc1F. The van der Waals surface area contributed by atoms with Gasteiger partial charge >= 0.3 is 0 Å². The van der Waals surface area contributed by atoms with Crippen molar-refractivity contribution in [3.63, 3.8) is 0 Å². The van der Waals surface area contributed by atoms with Gasteiger partial charge < -0.3 is 10.1 Å². The first kappa shape index (κ1) is 14.5. The summed E-state index contributed by atoms with van der Waals surface area (Å²) in [5, 5.41) is 3.35. The van der Waals surface area contributed by atoms with Gasteiger partial charge in [-0.25, -0.2) is 4.39 Å². The second-order valence-corrected chi connectivity index (χ2v) is 5.50. The lowest BCUT2D eigenvalue weighted by molar-refractivity contribution is 0.271. The highest BCUT2D eigenvalue weighted by Gasteiger charge is 2.13. The third-order valence-corrected chi connectivity index (χ3v) is 3.23. The fraction of sp³-hybridized carbons (Fsp3) is 0.538.